The van der Waals surface area contributed by atoms with Gasteiger partial charge in [0, 0.05) is 18.8 Å². The first-order valence-electron chi connectivity index (χ1n) is 7.79. The molecule has 0 bridgehead atoms. The molecule has 0 spiro atoms. The third kappa shape index (κ3) is 3.11. The van der Waals surface area contributed by atoms with Crippen molar-refractivity contribution in [1.82, 2.24) is 4.98 Å². The Morgan fingerprint density at radius 1 is 1.25 bits per heavy atom. The molecule has 0 aromatic carbocycles. The van der Waals surface area contributed by atoms with E-state index in [1.165, 1.54) is 24.1 Å². The van der Waals surface area contributed by atoms with Crippen molar-refractivity contribution < 1.29 is 0 Å². The van der Waals surface area contributed by atoms with E-state index in [0.29, 0.717) is 0 Å². The maximum atomic E-state index is 7.86. The highest BCUT2D eigenvalue weighted by Gasteiger charge is 2.19. The molecule has 0 saturated carbocycles. The highest BCUT2D eigenvalue weighted by molar-refractivity contribution is 5.99. The number of hydrogen-bond donors (Lipinski definition) is 2. The summed E-state index contributed by atoms with van der Waals surface area (Å²) < 4.78 is 0. The highest BCUT2D eigenvalue weighted by atomic mass is 15.2. The van der Waals surface area contributed by atoms with E-state index in [4.69, 9.17) is 16.1 Å². The Labute approximate surface area is 121 Å². The maximum Gasteiger partial charge on any atom is 0.139 e. The molecule has 2 rings (SSSR count). The first-order chi connectivity index (χ1) is 9.67. The lowest BCUT2D eigenvalue weighted by Crippen LogP contribution is -2.30. The minimum atomic E-state index is 0.137. The monoisotopic (exact) mass is 274 g/mol. The summed E-state index contributed by atoms with van der Waals surface area (Å²) in [4.78, 5) is 7.16. The van der Waals surface area contributed by atoms with Crippen LogP contribution in [0, 0.1) is 5.41 Å². The van der Waals surface area contributed by atoms with Gasteiger partial charge in [-0.1, -0.05) is 13.8 Å². The van der Waals surface area contributed by atoms with E-state index in [1.807, 2.05) is 0 Å². The number of amidine groups is 1. The van der Waals surface area contributed by atoms with E-state index in [1.54, 1.807) is 0 Å². The third-order valence-corrected chi connectivity index (χ3v) is 3.86. The van der Waals surface area contributed by atoms with Crippen molar-refractivity contribution in [2.24, 2.45) is 5.73 Å². The molecule has 0 atom stereocenters. The van der Waals surface area contributed by atoms with Crippen molar-refractivity contribution in [1.29, 1.82) is 5.41 Å². The molecule has 1 aromatic rings. The van der Waals surface area contributed by atoms with Gasteiger partial charge in [0.15, 0.2) is 0 Å². The molecule has 0 amide bonds. The molecule has 0 aliphatic heterocycles. The van der Waals surface area contributed by atoms with Crippen molar-refractivity contribution in [2.75, 3.05) is 18.0 Å². The largest absolute Gasteiger partial charge is 0.384 e. The van der Waals surface area contributed by atoms with Crippen LogP contribution in [0.2, 0.25) is 0 Å². The summed E-state index contributed by atoms with van der Waals surface area (Å²) in [6, 6.07) is 2.11. The summed E-state index contributed by atoms with van der Waals surface area (Å²) in [5.74, 6) is 1.06. The maximum absolute atomic E-state index is 7.86. The molecule has 4 heteroatoms. The number of nitrogens with one attached hydrogen (secondary N) is 1. The van der Waals surface area contributed by atoms with Crippen LogP contribution in [0.25, 0.3) is 0 Å². The Bertz CT molecular complexity index is 476. The predicted molar refractivity (Wildman–Crippen MR) is 84.7 cm³/mol. The van der Waals surface area contributed by atoms with Gasteiger partial charge in [0.05, 0.1) is 5.56 Å². The molecular weight excluding hydrogens is 248 g/mol. The van der Waals surface area contributed by atoms with Gasteiger partial charge in [0.2, 0.25) is 0 Å². The van der Waals surface area contributed by atoms with E-state index >= 15 is 0 Å². The number of fused-ring (bicyclic) bond motifs is 1. The zero-order valence-electron chi connectivity index (χ0n) is 12.7. The molecule has 0 saturated heterocycles. The third-order valence-electron chi connectivity index (χ3n) is 3.86. The van der Waals surface area contributed by atoms with E-state index in [9.17, 15) is 0 Å². The van der Waals surface area contributed by atoms with Crippen molar-refractivity contribution >= 4 is 11.7 Å². The van der Waals surface area contributed by atoms with Crippen LogP contribution in [0.4, 0.5) is 5.82 Å². The average molecular weight is 274 g/mol. The number of anilines is 1. The topological polar surface area (TPSA) is 66.0 Å². The summed E-state index contributed by atoms with van der Waals surface area (Å²) in [6.45, 7) is 6.29. The molecule has 1 aromatic heterocycles. The van der Waals surface area contributed by atoms with Crippen LogP contribution in [0.5, 0.6) is 0 Å². The first-order valence-corrected chi connectivity index (χ1v) is 7.79. The van der Waals surface area contributed by atoms with Gasteiger partial charge >= 0.3 is 0 Å². The lowest BCUT2D eigenvalue weighted by Gasteiger charge is -2.27. The zero-order valence-corrected chi connectivity index (χ0v) is 12.7. The first kappa shape index (κ1) is 14.8. The second-order valence-electron chi connectivity index (χ2n) is 5.57. The van der Waals surface area contributed by atoms with Gasteiger partial charge in [-0.3, -0.25) is 5.41 Å². The van der Waals surface area contributed by atoms with Crippen LogP contribution < -0.4 is 10.6 Å². The second-order valence-corrected chi connectivity index (χ2v) is 5.57. The molecule has 1 heterocycles. The number of hydrogen-bond acceptors (Lipinski definition) is 3. The molecule has 110 valence electrons. The quantitative estimate of drug-likeness (QED) is 0.619. The number of nitrogen functional groups attached to an aromatic ring is 1. The smallest absolute Gasteiger partial charge is 0.139 e. The highest BCUT2D eigenvalue weighted by Crippen LogP contribution is 2.27. The van der Waals surface area contributed by atoms with Gasteiger partial charge < -0.3 is 10.6 Å². The molecule has 0 radical (unpaired) electrons. The Balaban J connectivity index is 2.45. The summed E-state index contributed by atoms with van der Waals surface area (Å²) in [6.07, 6.45) is 6.74. The Kier molecular flexibility index (Phi) is 4.99. The fourth-order valence-electron chi connectivity index (χ4n) is 2.93. The van der Waals surface area contributed by atoms with Gasteiger partial charge in [-0.2, -0.15) is 0 Å². The van der Waals surface area contributed by atoms with E-state index < -0.39 is 0 Å². The zero-order chi connectivity index (χ0) is 14.5. The van der Waals surface area contributed by atoms with Gasteiger partial charge in [-0.05, 0) is 50.2 Å². The standard InChI is InChI=1S/C16H26N4/c1-3-9-20(10-4-2)16-13(15(17)18)11-12-7-5-6-8-14(12)19-16/h11H,3-10H2,1-2H3,(H3,17,18). The van der Waals surface area contributed by atoms with Crippen molar-refractivity contribution in [3.63, 3.8) is 0 Å². The fraction of sp³-hybridized carbons (Fsp3) is 0.625. The van der Waals surface area contributed by atoms with Gasteiger partial charge in [0.1, 0.15) is 11.7 Å². The number of nitrogens with two attached hydrogens (primary N) is 1. The van der Waals surface area contributed by atoms with Crippen LogP contribution >= 0.6 is 0 Å². The number of aryl methyl sites for hydroxylation is 2. The molecule has 4 nitrogen and oxygen atoms in total. The Hall–Kier alpha value is -1.58. The summed E-state index contributed by atoms with van der Waals surface area (Å²) in [7, 11) is 0. The molecule has 0 unspecified atom stereocenters. The van der Waals surface area contributed by atoms with Crippen LogP contribution in [0.3, 0.4) is 0 Å². The van der Waals surface area contributed by atoms with E-state index in [2.05, 4.69) is 24.8 Å². The van der Waals surface area contributed by atoms with Crippen LogP contribution in [0.15, 0.2) is 6.07 Å². The van der Waals surface area contributed by atoms with E-state index in [-0.39, 0.29) is 5.84 Å². The fourth-order valence-corrected chi connectivity index (χ4v) is 2.93. The molecule has 0 fully saturated rings. The molecule has 20 heavy (non-hydrogen) atoms. The number of rotatable bonds is 6. The molecule has 3 N–H and O–H groups in total. The van der Waals surface area contributed by atoms with Crippen LogP contribution in [0.1, 0.15) is 56.4 Å². The normalized spacial score (nSPS) is 13.9. The van der Waals surface area contributed by atoms with Crippen LogP contribution in [-0.2, 0) is 12.8 Å². The summed E-state index contributed by atoms with van der Waals surface area (Å²) in [5.41, 5.74) is 9.11. The lowest BCUT2D eigenvalue weighted by atomic mass is 9.94. The lowest BCUT2D eigenvalue weighted by molar-refractivity contribution is 0.660. The van der Waals surface area contributed by atoms with Crippen LogP contribution in [-0.4, -0.2) is 23.9 Å². The minimum absolute atomic E-state index is 0.137. The number of aromatic nitrogens is 1. The van der Waals surface area contributed by atoms with Crippen molar-refractivity contribution in [3.05, 3.63) is 22.9 Å². The summed E-state index contributed by atoms with van der Waals surface area (Å²) >= 11 is 0. The minimum Gasteiger partial charge on any atom is -0.384 e. The number of pyridine rings is 1. The van der Waals surface area contributed by atoms with Crippen molar-refractivity contribution in [3.8, 4) is 0 Å². The molecule has 1 aliphatic carbocycles. The second kappa shape index (κ2) is 6.73. The molecular formula is C16H26N4. The van der Waals surface area contributed by atoms with Gasteiger partial charge in [0.25, 0.3) is 0 Å². The van der Waals surface area contributed by atoms with Crippen molar-refractivity contribution in [2.45, 2.75) is 52.4 Å². The Morgan fingerprint density at radius 3 is 2.50 bits per heavy atom. The predicted octanol–water partition coefficient (Wildman–Crippen LogP) is 2.87. The van der Waals surface area contributed by atoms with Gasteiger partial charge in [-0.25, -0.2) is 4.98 Å². The summed E-state index contributed by atoms with van der Waals surface area (Å²) in [5, 5.41) is 7.86. The SMILES string of the molecule is CCCN(CCC)c1nc2c(cc1C(=N)N)CCCC2. The average Bonchev–Trinajstić information content (AvgIpc) is 2.45. The Morgan fingerprint density at radius 2 is 1.90 bits per heavy atom. The van der Waals surface area contributed by atoms with E-state index in [0.717, 1.165) is 50.2 Å². The molecule has 1 aliphatic rings. The number of nitrogens with zero attached hydrogens (tertiary/aromatic N) is 2. The van der Waals surface area contributed by atoms with Gasteiger partial charge in [-0.15, -0.1) is 0 Å².